The van der Waals surface area contributed by atoms with E-state index >= 15 is 0 Å². The first-order valence-corrected chi connectivity index (χ1v) is 6.96. The molecular formula is C14H9BrClN3O. The molecule has 0 aliphatic heterocycles. The maximum Gasteiger partial charge on any atom is 0.261 e. The summed E-state index contributed by atoms with van der Waals surface area (Å²) in [5, 5.41) is 4.45. The maximum absolute atomic E-state index is 6.13. The second-order valence-electron chi connectivity index (χ2n) is 4.14. The third kappa shape index (κ3) is 2.42. The van der Waals surface area contributed by atoms with Crippen LogP contribution in [-0.2, 0) is 0 Å². The Morgan fingerprint density at radius 2 is 1.95 bits per heavy atom. The first-order chi connectivity index (χ1) is 9.65. The summed E-state index contributed by atoms with van der Waals surface area (Å²) in [6.07, 6.45) is 0. The topological polar surface area (TPSA) is 64.9 Å². The van der Waals surface area contributed by atoms with Gasteiger partial charge in [0.15, 0.2) is 0 Å². The summed E-state index contributed by atoms with van der Waals surface area (Å²) in [6, 6.07) is 12.9. The molecule has 0 atom stereocenters. The van der Waals surface area contributed by atoms with E-state index in [1.54, 1.807) is 18.2 Å². The third-order valence-corrected chi connectivity index (χ3v) is 3.58. The van der Waals surface area contributed by atoms with Crippen LogP contribution in [0.1, 0.15) is 0 Å². The van der Waals surface area contributed by atoms with E-state index < -0.39 is 0 Å². The van der Waals surface area contributed by atoms with Gasteiger partial charge in [0.2, 0.25) is 5.82 Å². The molecule has 0 bridgehead atoms. The summed E-state index contributed by atoms with van der Waals surface area (Å²) >= 11 is 9.54. The monoisotopic (exact) mass is 349 g/mol. The van der Waals surface area contributed by atoms with Crippen molar-refractivity contribution in [1.82, 2.24) is 10.1 Å². The number of benzene rings is 2. The molecule has 0 spiro atoms. The van der Waals surface area contributed by atoms with Crippen molar-refractivity contribution in [2.45, 2.75) is 0 Å². The van der Waals surface area contributed by atoms with Gasteiger partial charge in [-0.1, -0.05) is 50.9 Å². The number of aromatic nitrogens is 2. The second-order valence-corrected chi connectivity index (χ2v) is 5.46. The lowest BCUT2D eigenvalue weighted by Gasteiger charge is -2.01. The molecule has 4 nitrogen and oxygen atoms in total. The zero-order chi connectivity index (χ0) is 14.1. The van der Waals surface area contributed by atoms with E-state index in [2.05, 4.69) is 26.1 Å². The van der Waals surface area contributed by atoms with Crippen molar-refractivity contribution in [2.24, 2.45) is 0 Å². The van der Waals surface area contributed by atoms with E-state index in [9.17, 15) is 0 Å². The van der Waals surface area contributed by atoms with Crippen LogP contribution in [0.15, 0.2) is 51.5 Å². The summed E-state index contributed by atoms with van der Waals surface area (Å²) in [7, 11) is 0. The predicted molar refractivity (Wildman–Crippen MR) is 82.3 cm³/mol. The number of rotatable bonds is 2. The van der Waals surface area contributed by atoms with Crippen molar-refractivity contribution in [3.05, 3.63) is 52.0 Å². The van der Waals surface area contributed by atoms with Gasteiger partial charge in [-0.25, -0.2) is 0 Å². The Labute approximate surface area is 128 Å². The van der Waals surface area contributed by atoms with Crippen LogP contribution in [0.4, 0.5) is 5.69 Å². The number of nitrogens with zero attached hydrogens (tertiary/aromatic N) is 2. The second kappa shape index (κ2) is 5.26. The highest BCUT2D eigenvalue weighted by Crippen LogP contribution is 2.33. The lowest BCUT2D eigenvalue weighted by molar-refractivity contribution is 0.432. The molecule has 3 rings (SSSR count). The lowest BCUT2D eigenvalue weighted by atomic mass is 10.2. The summed E-state index contributed by atoms with van der Waals surface area (Å²) in [5.41, 5.74) is 7.81. The van der Waals surface area contributed by atoms with Gasteiger partial charge in [0.05, 0.1) is 10.6 Å². The van der Waals surface area contributed by atoms with Gasteiger partial charge in [-0.2, -0.15) is 4.98 Å². The molecule has 20 heavy (non-hydrogen) atoms. The zero-order valence-corrected chi connectivity index (χ0v) is 12.5. The highest BCUT2D eigenvalue weighted by Gasteiger charge is 2.16. The quantitative estimate of drug-likeness (QED) is 0.696. The standard InChI is InChI=1S/C14H9BrClN3O/c15-9-4-1-3-8(7-9)13-18-14(20-19-13)12-10(16)5-2-6-11(12)17/h1-7H,17H2. The molecule has 1 heterocycles. The molecule has 0 unspecified atom stereocenters. The SMILES string of the molecule is Nc1cccc(Cl)c1-c1nc(-c2cccc(Br)c2)no1. The Kier molecular flexibility index (Phi) is 3.46. The van der Waals surface area contributed by atoms with Crippen LogP contribution in [-0.4, -0.2) is 10.1 Å². The van der Waals surface area contributed by atoms with E-state index in [1.807, 2.05) is 24.3 Å². The molecule has 100 valence electrons. The maximum atomic E-state index is 6.13. The fourth-order valence-corrected chi connectivity index (χ4v) is 2.50. The van der Waals surface area contributed by atoms with E-state index in [4.69, 9.17) is 21.9 Å². The Morgan fingerprint density at radius 1 is 1.15 bits per heavy atom. The van der Waals surface area contributed by atoms with Crippen molar-refractivity contribution < 1.29 is 4.52 Å². The summed E-state index contributed by atoms with van der Waals surface area (Å²) in [5.74, 6) is 0.795. The first-order valence-electron chi connectivity index (χ1n) is 5.79. The molecule has 0 amide bonds. The van der Waals surface area contributed by atoms with Crippen LogP contribution in [0.2, 0.25) is 5.02 Å². The van der Waals surface area contributed by atoms with Gasteiger partial charge in [0, 0.05) is 15.7 Å². The van der Waals surface area contributed by atoms with E-state index in [0.29, 0.717) is 28.0 Å². The van der Waals surface area contributed by atoms with E-state index in [-0.39, 0.29) is 0 Å². The molecule has 0 saturated heterocycles. The largest absolute Gasteiger partial charge is 0.398 e. The minimum absolute atomic E-state index is 0.308. The van der Waals surface area contributed by atoms with Crippen molar-refractivity contribution in [1.29, 1.82) is 0 Å². The number of nitrogen functional groups attached to an aromatic ring is 1. The first kappa shape index (κ1) is 13.1. The summed E-state index contributed by atoms with van der Waals surface area (Å²) in [4.78, 5) is 4.35. The van der Waals surface area contributed by atoms with Gasteiger partial charge in [-0.05, 0) is 24.3 Å². The van der Waals surface area contributed by atoms with Gasteiger partial charge >= 0.3 is 0 Å². The molecule has 2 N–H and O–H groups in total. The third-order valence-electron chi connectivity index (χ3n) is 2.77. The Balaban J connectivity index is 2.07. The lowest BCUT2D eigenvalue weighted by Crippen LogP contribution is -1.90. The number of halogens is 2. The van der Waals surface area contributed by atoms with Crippen LogP contribution >= 0.6 is 27.5 Å². The minimum atomic E-state index is 0.308. The van der Waals surface area contributed by atoms with Crippen molar-refractivity contribution in [3.63, 3.8) is 0 Å². The number of anilines is 1. The molecule has 0 aliphatic carbocycles. The number of hydrogen-bond acceptors (Lipinski definition) is 4. The molecule has 2 aromatic carbocycles. The predicted octanol–water partition coefficient (Wildman–Crippen LogP) is 4.40. The Bertz CT molecular complexity index is 752. The van der Waals surface area contributed by atoms with Crippen LogP contribution in [0, 0.1) is 0 Å². The van der Waals surface area contributed by atoms with E-state index in [1.165, 1.54) is 0 Å². The Morgan fingerprint density at radius 3 is 2.70 bits per heavy atom. The molecule has 6 heteroatoms. The van der Waals surface area contributed by atoms with E-state index in [0.717, 1.165) is 10.0 Å². The van der Waals surface area contributed by atoms with Gasteiger partial charge in [-0.15, -0.1) is 0 Å². The highest BCUT2D eigenvalue weighted by atomic mass is 79.9. The molecule has 0 radical (unpaired) electrons. The molecular weight excluding hydrogens is 342 g/mol. The van der Waals surface area contributed by atoms with Gasteiger partial charge in [0.25, 0.3) is 5.89 Å². The average molecular weight is 351 g/mol. The van der Waals surface area contributed by atoms with Gasteiger partial charge in [-0.3, -0.25) is 0 Å². The van der Waals surface area contributed by atoms with Crippen molar-refractivity contribution >= 4 is 33.2 Å². The van der Waals surface area contributed by atoms with Crippen LogP contribution in [0.5, 0.6) is 0 Å². The zero-order valence-electron chi connectivity index (χ0n) is 10.2. The average Bonchev–Trinajstić information content (AvgIpc) is 2.88. The number of nitrogens with two attached hydrogens (primary N) is 1. The smallest absolute Gasteiger partial charge is 0.261 e. The summed E-state index contributed by atoms with van der Waals surface area (Å²) < 4.78 is 6.21. The molecule has 1 aromatic heterocycles. The summed E-state index contributed by atoms with van der Waals surface area (Å²) in [6.45, 7) is 0. The highest BCUT2D eigenvalue weighted by molar-refractivity contribution is 9.10. The van der Waals surface area contributed by atoms with Crippen LogP contribution < -0.4 is 5.73 Å². The Hall–Kier alpha value is -1.85. The molecule has 0 aliphatic rings. The fraction of sp³-hybridized carbons (Fsp3) is 0. The van der Waals surface area contributed by atoms with Gasteiger partial charge in [0.1, 0.15) is 0 Å². The molecule has 0 fully saturated rings. The van der Waals surface area contributed by atoms with Crippen LogP contribution in [0.3, 0.4) is 0 Å². The van der Waals surface area contributed by atoms with Crippen LogP contribution in [0.25, 0.3) is 22.8 Å². The van der Waals surface area contributed by atoms with Crippen molar-refractivity contribution in [2.75, 3.05) is 5.73 Å². The number of hydrogen-bond donors (Lipinski definition) is 1. The normalized spacial score (nSPS) is 10.7. The fourth-order valence-electron chi connectivity index (χ4n) is 1.84. The van der Waals surface area contributed by atoms with Crippen molar-refractivity contribution in [3.8, 4) is 22.8 Å². The van der Waals surface area contributed by atoms with Gasteiger partial charge < -0.3 is 10.3 Å². The molecule has 0 saturated carbocycles. The minimum Gasteiger partial charge on any atom is -0.398 e. The molecule has 3 aromatic rings.